The number of hydrogen-bond acceptors (Lipinski definition) is 3. The van der Waals surface area contributed by atoms with Gasteiger partial charge in [0, 0.05) is 18.8 Å². The molecule has 1 aromatic rings. The summed E-state index contributed by atoms with van der Waals surface area (Å²) < 4.78 is 7.48. The third kappa shape index (κ3) is 2.95. The second-order valence-electron chi connectivity index (χ2n) is 10.4. The van der Waals surface area contributed by atoms with Crippen LogP contribution in [0.4, 0.5) is 0 Å². The molecule has 5 rings (SSSR count). The van der Waals surface area contributed by atoms with Gasteiger partial charge in [0.25, 0.3) is 0 Å². The highest BCUT2D eigenvalue weighted by molar-refractivity contribution is 5.69. The Morgan fingerprint density at radius 1 is 1.21 bits per heavy atom. The Labute approximate surface area is 168 Å². The first-order valence-electron chi connectivity index (χ1n) is 11.3. The zero-order valence-electron chi connectivity index (χ0n) is 17.4. The van der Waals surface area contributed by atoms with Gasteiger partial charge in [0.2, 0.25) is 0 Å². The molecule has 152 valence electrons. The molecule has 4 heteroatoms. The molecule has 4 aliphatic carbocycles. The Balaban J connectivity index is 1.28. The predicted octanol–water partition coefficient (Wildman–Crippen LogP) is 5.15. The van der Waals surface area contributed by atoms with Gasteiger partial charge in [-0.3, -0.25) is 9.48 Å². The van der Waals surface area contributed by atoms with Crippen LogP contribution in [0.5, 0.6) is 0 Å². The van der Waals surface area contributed by atoms with E-state index in [1.54, 1.807) is 16.5 Å². The molecule has 0 unspecified atom stereocenters. The van der Waals surface area contributed by atoms with Crippen molar-refractivity contribution in [2.75, 3.05) is 0 Å². The minimum absolute atomic E-state index is 0.0410. The standard InChI is InChI=1S/C24H34N2O2/c1-23-10-3-5-20(23)19-7-6-17-15-18(8-12-24(17,2)21(19)9-11-23)28-22(27)16-26-14-4-13-25-26/h4,6,13-14,18-21H,3,5,7-12,15-16H2,1-2H3/t18-,19-,20-,21-,23-,24-/m0/s1. The van der Waals surface area contributed by atoms with Gasteiger partial charge in [-0.2, -0.15) is 5.10 Å². The van der Waals surface area contributed by atoms with Gasteiger partial charge >= 0.3 is 5.97 Å². The van der Waals surface area contributed by atoms with Crippen molar-refractivity contribution in [3.63, 3.8) is 0 Å². The number of allylic oxidation sites excluding steroid dienone is 1. The van der Waals surface area contributed by atoms with E-state index in [1.165, 1.54) is 44.9 Å². The fourth-order valence-electron chi connectivity index (χ4n) is 7.47. The summed E-state index contributed by atoms with van der Waals surface area (Å²) in [5, 5.41) is 4.11. The van der Waals surface area contributed by atoms with E-state index in [1.807, 2.05) is 12.3 Å². The van der Waals surface area contributed by atoms with Gasteiger partial charge in [0.05, 0.1) is 0 Å². The van der Waals surface area contributed by atoms with Gasteiger partial charge in [-0.1, -0.05) is 31.9 Å². The van der Waals surface area contributed by atoms with E-state index in [9.17, 15) is 4.79 Å². The summed E-state index contributed by atoms with van der Waals surface area (Å²) in [6, 6.07) is 1.84. The summed E-state index contributed by atoms with van der Waals surface area (Å²) in [6.07, 6.45) is 17.6. The number of fused-ring (bicyclic) bond motifs is 5. The minimum atomic E-state index is -0.161. The summed E-state index contributed by atoms with van der Waals surface area (Å²) in [5.41, 5.74) is 2.53. The van der Waals surface area contributed by atoms with E-state index >= 15 is 0 Å². The van der Waals surface area contributed by atoms with Crippen LogP contribution in [-0.4, -0.2) is 21.9 Å². The molecule has 0 radical (unpaired) electrons. The topological polar surface area (TPSA) is 44.1 Å². The van der Waals surface area contributed by atoms with E-state index in [-0.39, 0.29) is 18.6 Å². The second-order valence-corrected chi connectivity index (χ2v) is 10.4. The molecule has 28 heavy (non-hydrogen) atoms. The molecule has 0 aliphatic heterocycles. The zero-order chi connectivity index (χ0) is 19.4. The molecule has 1 aromatic heterocycles. The van der Waals surface area contributed by atoms with Crippen LogP contribution in [0.2, 0.25) is 0 Å². The van der Waals surface area contributed by atoms with Crippen LogP contribution >= 0.6 is 0 Å². The quantitative estimate of drug-likeness (QED) is 0.536. The van der Waals surface area contributed by atoms with Crippen molar-refractivity contribution in [3.05, 3.63) is 30.1 Å². The van der Waals surface area contributed by atoms with Gasteiger partial charge in [-0.05, 0) is 79.6 Å². The Hall–Kier alpha value is -1.58. The summed E-state index contributed by atoms with van der Waals surface area (Å²) in [6.45, 7) is 5.30. The fraction of sp³-hybridized carbons (Fsp3) is 0.750. The number of carbonyl (C=O) groups is 1. The van der Waals surface area contributed by atoms with Crippen LogP contribution in [0.15, 0.2) is 30.1 Å². The SMILES string of the molecule is C[C@@]12CCC[C@H]1[C@@H]1CC=C3C[C@@H](OC(=O)Cn4cccn4)CC[C@]3(C)[C@H]1CC2. The molecule has 4 nitrogen and oxygen atoms in total. The van der Waals surface area contributed by atoms with Crippen molar-refractivity contribution in [1.29, 1.82) is 0 Å². The average molecular weight is 383 g/mol. The van der Waals surface area contributed by atoms with E-state index in [0.29, 0.717) is 10.8 Å². The van der Waals surface area contributed by atoms with Crippen molar-refractivity contribution in [2.24, 2.45) is 28.6 Å². The molecule has 0 saturated heterocycles. The maximum atomic E-state index is 12.3. The number of hydrogen-bond donors (Lipinski definition) is 0. The predicted molar refractivity (Wildman–Crippen MR) is 108 cm³/mol. The lowest BCUT2D eigenvalue weighted by atomic mass is 9.48. The van der Waals surface area contributed by atoms with Crippen LogP contribution in [0.25, 0.3) is 0 Å². The van der Waals surface area contributed by atoms with E-state index in [2.05, 4.69) is 25.0 Å². The van der Waals surface area contributed by atoms with Crippen LogP contribution in [0, 0.1) is 28.6 Å². The third-order valence-corrected chi connectivity index (χ3v) is 8.99. The first-order chi connectivity index (χ1) is 13.5. The molecule has 4 aliphatic rings. The highest BCUT2D eigenvalue weighted by Gasteiger charge is 2.55. The Morgan fingerprint density at radius 2 is 2.11 bits per heavy atom. The molecule has 6 atom stereocenters. The number of esters is 1. The van der Waals surface area contributed by atoms with Crippen molar-refractivity contribution in [1.82, 2.24) is 9.78 Å². The number of ether oxygens (including phenoxy) is 1. The highest BCUT2D eigenvalue weighted by atomic mass is 16.5. The molecule has 0 bridgehead atoms. The lowest BCUT2D eigenvalue weighted by Gasteiger charge is -2.57. The Bertz CT molecular complexity index is 770. The number of rotatable bonds is 3. The largest absolute Gasteiger partial charge is 0.461 e. The lowest BCUT2D eigenvalue weighted by Crippen LogP contribution is -2.49. The molecular weight excluding hydrogens is 348 g/mol. The molecule has 1 heterocycles. The van der Waals surface area contributed by atoms with Gasteiger partial charge in [0.1, 0.15) is 12.6 Å². The normalized spacial score (nSPS) is 42.1. The monoisotopic (exact) mass is 382 g/mol. The summed E-state index contributed by atoms with van der Waals surface area (Å²) in [7, 11) is 0. The molecule has 0 spiro atoms. The number of carbonyl (C=O) groups excluding carboxylic acids is 1. The van der Waals surface area contributed by atoms with E-state index in [0.717, 1.165) is 30.6 Å². The van der Waals surface area contributed by atoms with Crippen molar-refractivity contribution >= 4 is 5.97 Å². The fourth-order valence-corrected chi connectivity index (χ4v) is 7.47. The first kappa shape index (κ1) is 18.4. The van der Waals surface area contributed by atoms with Gasteiger partial charge in [-0.15, -0.1) is 0 Å². The molecular formula is C24H34N2O2. The third-order valence-electron chi connectivity index (χ3n) is 8.99. The van der Waals surface area contributed by atoms with Crippen LogP contribution in [-0.2, 0) is 16.1 Å². The maximum Gasteiger partial charge on any atom is 0.328 e. The molecule has 3 fully saturated rings. The van der Waals surface area contributed by atoms with E-state index < -0.39 is 0 Å². The molecule has 0 aromatic carbocycles. The molecule has 0 N–H and O–H groups in total. The first-order valence-corrected chi connectivity index (χ1v) is 11.3. The van der Waals surface area contributed by atoms with Crippen molar-refractivity contribution in [2.45, 2.75) is 84.3 Å². The summed E-state index contributed by atoms with van der Waals surface area (Å²) in [4.78, 5) is 12.3. The second kappa shape index (κ2) is 6.74. The Morgan fingerprint density at radius 3 is 2.93 bits per heavy atom. The maximum absolute atomic E-state index is 12.3. The van der Waals surface area contributed by atoms with Crippen molar-refractivity contribution < 1.29 is 9.53 Å². The van der Waals surface area contributed by atoms with Gasteiger partial charge in [-0.25, -0.2) is 0 Å². The average Bonchev–Trinajstić information content (AvgIpc) is 3.31. The molecule has 0 amide bonds. The van der Waals surface area contributed by atoms with Crippen LogP contribution in [0.1, 0.15) is 71.6 Å². The molecule has 3 saturated carbocycles. The van der Waals surface area contributed by atoms with Crippen molar-refractivity contribution in [3.8, 4) is 0 Å². The summed E-state index contributed by atoms with van der Waals surface area (Å²) in [5.74, 6) is 2.50. The van der Waals surface area contributed by atoms with Crippen LogP contribution in [0.3, 0.4) is 0 Å². The smallest absolute Gasteiger partial charge is 0.328 e. The van der Waals surface area contributed by atoms with Gasteiger partial charge in [0.15, 0.2) is 0 Å². The number of aromatic nitrogens is 2. The van der Waals surface area contributed by atoms with Crippen LogP contribution < -0.4 is 0 Å². The minimum Gasteiger partial charge on any atom is -0.461 e. The number of nitrogens with zero attached hydrogens (tertiary/aromatic N) is 2. The zero-order valence-corrected chi connectivity index (χ0v) is 17.4. The van der Waals surface area contributed by atoms with E-state index in [4.69, 9.17) is 4.74 Å². The Kier molecular flexibility index (Phi) is 4.44. The lowest BCUT2D eigenvalue weighted by molar-refractivity contribution is -0.152. The highest BCUT2D eigenvalue weighted by Crippen LogP contribution is 2.64. The summed E-state index contributed by atoms with van der Waals surface area (Å²) >= 11 is 0. The van der Waals surface area contributed by atoms with Gasteiger partial charge < -0.3 is 4.74 Å².